The normalized spacial score (nSPS) is 15.6. The first-order valence-electron chi connectivity index (χ1n) is 10.0. The summed E-state index contributed by atoms with van der Waals surface area (Å²) in [6, 6.07) is 14.3. The molecule has 2 aromatic carbocycles. The summed E-state index contributed by atoms with van der Waals surface area (Å²) in [5.41, 5.74) is 5.97. The van der Waals surface area contributed by atoms with Crippen molar-refractivity contribution >= 4 is 23.5 Å². The number of carbonyl (C=O) groups is 1. The molecule has 1 atom stereocenters. The molecule has 0 spiro atoms. The highest BCUT2D eigenvalue weighted by molar-refractivity contribution is 7.98. The first kappa shape index (κ1) is 20.4. The van der Waals surface area contributed by atoms with Gasteiger partial charge in [-0.05, 0) is 43.0 Å². The van der Waals surface area contributed by atoms with Crippen LogP contribution in [0.3, 0.4) is 0 Å². The van der Waals surface area contributed by atoms with Crippen molar-refractivity contribution in [1.82, 2.24) is 9.55 Å². The molecule has 0 saturated heterocycles. The SMILES string of the molecule is Cc1ccc([C@@H]2CC(=O)Nc3c2c(=O)nc(SCc2ccccc2C)n3C)c(C)c1. The van der Waals surface area contributed by atoms with E-state index in [1.807, 2.05) is 49.7 Å². The van der Waals surface area contributed by atoms with Crippen LogP contribution < -0.4 is 10.9 Å². The molecule has 1 aliphatic rings. The maximum absolute atomic E-state index is 13.1. The Morgan fingerprint density at radius 2 is 1.87 bits per heavy atom. The van der Waals surface area contributed by atoms with E-state index in [1.165, 1.54) is 22.9 Å². The molecule has 1 aliphatic heterocycles. The molecule has 0 saturated carbocycles. The van der Waals surface area contributed by atoms with Crippen LogP contribution >= 0.6 is 11.8 Å². The van der Waals surface area contributed by atoms with Crippen LogP contribution in [0.15, 0.2) is 52.4 Å². The first-order valence-corrected chi connectivity index (χ1v) is 11.0. The van der Waals surface area contributed by atoms with Crippen molar-refractivity contribution in [1.29, 1.82) is 0 Å². The molecule has 0 fully saturated rings. The number of nitrogens with zero attached hydrogens (tertiary/aromatic N) is 2. The van der Waals surface area contributed by atoms with Crippen LogP contribution in [0, 0.1) is 20.8 Å². The zero-order chi connectivity index (χ0) is 21.4. The third-order valence-corrected chi connectivity index (χ3v) is 6.80. The minimum atomic E-state index is -0.282. The van der Waals surface area contributed by atoms with Gasteiger partial charge < -0.3 is 9.88 Å². The molecule has 1 amide bonds. The molecule has 1 aromatic heterocycles. The van der Waals surface area contributed by atoms with Gasteiger partial charge in [-0.15, -0.1) is 0 Å². The van der Waals surface area contributed by atoms with Crippen LogP contribution in [-0.2, 0) is 17.6 Å². The second-order valence-electron chi connectivity index (χ2n) is 7.90. The molecular weight excluding hydrogens is 394 g/mol. The van der Waals surface area contributed by atoms with E-state index in [4.69, 9.17) is 0 Å². The largest absolute Gasteiger partial charge is 0.312 e. The number of anilines is 1. The Morgan fingerprint density at radius 1 is 1.10 bits per heavy atom. The quantitative estimate of drug-likeness (QED) is 0.501. The lowest BCUT2D eigenvalue weighted by atomic mass is 9.84. The Bertz CT molecular complexity index is 1200. The van der Waals surface area contributed by atoms with Crippen molar-refractivity contribution in [3.05, 3.63) is 86.2 Å². The van der Waals surface area contributed by atoms with E-state index in [0.717, 1.165) is 16.7 Å². The van der Waals surface area contributed by atoms with E-state index in [9.17, 15) is 9.59 Å². The second kappa shape index (κ2) is 8.11. The fourth-order valence-corrected chi connectivity index (χ4v) is 5.10. The number of nitrogens with one attached hydrogen (secondary N) is 1. The van der Waals surface area contributed by atoms with E-state index in [-0.39, 0.29) is 23.8 Å². The summed E-state index contributed by atoms with van der Waals surface area (Å²) < 4.78 is 1.84. The Kier molecular flexibility index (Phi) is 5.52. The minimum Gasteiger partial charge on any atom is -0.312 e. The fraction of sp³-hybridized carbons (Fsp3) is 0.292. The van der Waals surface area contributed by atoms with Gasteiger partial charge in [0.1, 0.15) is 5.82 Å². The van der Waals surface area contributed by atoms with Crippen LogP contribution in [0.5, 0.6) is 0 Å². The Hall–Kier alpha value is -2.86. The summed E-state index contributed by atoms with van der Waals surface area (Å²) in [4.78, 5) is 30.0. The number of aryl methyl sites for hydroxylation is 3. The number of rotatable bonds is 4. The molecule has 4 rings (SSSR count). The van der Waals surface area contributed by atoms with E-state index in [2.05, 4.69) is 35.4 Å². The molecule has 0 aliphatic carbocycles. The molecule has 1 N–H and O–H groups in total. The molecule has 154 valence electrons. The van der Waals surface area contributed by atoms with E-state index in [1.54, 1.807) is 0 Å². The summed E-state index contributed by atoms with van der Waals surface area (Å²) in [6.45, 7) is 6.14. The number of hydrogen-bond donors (Lipinski definition) is 1. The molecule has 0 bridgehead atoms. The minimum absolute atomic E-state index is 0.0801. The van der Waals surface area contributed by atoms with Crippen molar-refractivity contribution in [3.8, 4) is 0 Å². The molecule has 0 radical (unpaired) electrons. The third kappa shape index (κ3) is 3.79. The molecule has 5 nitrogen and oxygen atoms in total. The molecule has 0 unspecified atom stereocenters. The summed E-state index contributed by atoms with van der Waals surface area (Å²) >= 11 is 1.51. The van der Waals surface area contributed by atoms with Crippen molar-refractivity contribution in [2.45, 2.75) is 44.0 Å². The van der Waals surface area contributed by atoms with Crippen molar-refractivity contribution in [2.24, 2.45) is 7.05 Å². The van der Waals surface area contributed by atoms with Gasteiger partial charge in [0, 0.05) is 25.1 Å². The predicted molar refractivity (Wildman–Crippen MR) is 121 cm³/mol. The van der Waals surface area contributed by atoms with Gasteiger partial charge in [0.2, 0.25) is 5.91 Å². The Morgan fingerprint density at radius 3 is 2.60 bits per heavy atom. The third-order valence-electron chi connectivity index (χ3n) is 5.72. The highest BCUT2D eigenvalue weighted by Gasteiger charge is 2.32. The standard InChI is InChI=1S/C24H25N3O2S/c1-14-9-10-18(16(3)11-14)19-12-20(28)25-22-21(19)23(29)26-24(27(22)4)30-13-17-8-6-5-7-15(17)2/h5-11,19H,12-13H2,1-4H3,(H,25,28)/t19-/m0/s1. The van der Waals surface area contributed by atoms with Gasteiger partial charge in [0.15, 0.2) is 5.16 Å². The van der Waals surface area contributed by atoms with Crippen LogP contribution in [0.2, 0.25) is 0 Å². The lowest BCUT2D eigenvalue weighted by molar-refractivity contribution is -0.116. The van der Waals surface area contributed by atoms with Gasteiger partial charge in [0.25, 0.3) is 5.56 Å². The Balaban J connectivity index is 1.75. The van der Waals surface area contributed by atoms with E-state index in [0.29, 0.717) is 22.3 Å². The number of fused-ring (bicyclic) bond motifs is 1. The van der Waals surface area contributed by atoms with Crippen LogP contribution in [0.25, 0.3) is 0 Å². The van der Waals surface area contributed by atoms with Crippen LogP contribution in [0.4, 0.5) is 5.82 Å². The lowest BCUT2D eigenvalue weighted by Crippen LogP contribution is -2.33. The zero-order valence-corrected chi connectivity index (χ0v) is 18.5. The predicted octanol–water partition coefficient (Wildman–Crippen LogP) is 4.47. The summed E-state index contributed by atoms with van der Waals surface area (Å²) in [5, 5.41) is 3.52. The second-order valence-corrected chi connectivity index (χ2v) is 8.84. The first-order chi connectivity index (χ1) is 14.3. The number of benzene rings is 2. The molecule has 3 aromatic rings. The smallest absolute Gasteiger partial charge is 0.279 e. The zero-order valence-electron chi connectivity index (χ0n) is 17.7. The van der Waals surface area contributed by atoms with Gasteiger partial charge >= 0.3 is 0 Å². The fourth-order valence-electron chi connectivity index (χ4n) is 4.06. The lowest BCUT2D eigenvalue weighted by Gasteiger charge is -2.28. The average Bonchev–Trinajstić information content (AvgIpc) is 2.70. The number of thioether (sulfide) groups is 1. The highest BCUT2D eigenvalue weighted by Crippen LogP contribution is 2.37. The highest BCUT2D eigenvalue weighted by atomic mass is 32.2. The molecule has 30 heavy (non-hydrogen) atoms. The van der Waals surface area contributed by atoms with Gasteiger partial charge in [0.05, 0.1) is 5.56 Å². The van der Waals surface area contributed by atoms with Gasteiger partial charge in [-0.3, -0.25) is 9.59 Å². The molecular formula is C24H25N3O2S. The topological polar surface area (TPSA) is 64.0 Å². The van der Waals surface area contributed by atoms with E-state index >= 15 is 0 Å². The summed E-state index contributed by atoms with van der Waals surface area (Å²) in [6.07, 6.45) is 0.253. The van der Waals surface area contributed by atoms with Crippen LogP contribution in [0.1, 0.15) is 45.7 Å². The van der Waals surface area contributed by atoms with Crippen LogP contribution in [-0.4, -0.2) is 15.5 Å². The number of amides is 1. The number of carbonyl (C=O) groups excluding carboxylic acids is 1. The van der Waals surface area contributed by atoms with Gasteiger partial charge in [-0.1, -0.05) is 59.8 Å². The average molecular weight is 420 g/mol. The van der Waals surface area contributed by atoms with Gasteiger partial charge in [-0.2, -0.15) is 4.98 Å². The number of hydrogen-bond acceptors (Lipinski definition) is 4. The monoisotopic (exact) mass is 419 g/mol. The van der Waals surface area contributed by atoms with Crippen molar-refractivity contribution in [2.75, 3.05) is 5.32 Å². The van der Waals surface area contributed by atoms with Crippen molar-refractivity contribution < 1.29 is 4.79 Å². The Labute approximate surface area is 180 Å². The van der Waals surface area contributed by atoms with E-state index < -0.39 is 0 Å². The maximum Gasteiger partial charge on any atom is 0.279 e. The molecule has 2 heterocycles. The molecule has 6 heteroatoms. The van der Waals surface area contributed by atoms with Gasteiger partial charge in [-0.25, -0.2) is 0 Å². The maximum atomic E-state index is 13.1. The summed E-state index contributed by atoms with van der Waals surface area (Å²) in [7, 11) is 1.86. The van der Waals surface area contributed by atoms with Crippen molar-refractivity contribution in [3.63, 3.8) is 0 Å². The summed E-state index contributed by atoms with van der Waals surface area (Å²) in [5.74, 6) is 0.906. The number of aromatic nitrogens is 2.